The van der Waals surface area contributed by atoms with Crippen molar-refractivity contribution >= 4 is 22.9 Å². The molecule has 0 saturated carbocycles. The monoisotopic (exact) mass is 347 g/mol. The smallest absolute Gasteiger partial charge is 0.222 e. The number of aromatic nitrogens is 1. The SMILES string of the molecule is Cc1ncsc1CCC(=O)N1CCCN(c2ccc(F)cc2)CC1. The first-order valence-electron chi connectivity index (χ1n) is 8.31. The van der Waals surface area contributed by atoms with Gasteiger partial charge in [0.2, 0.25) is 5.91 Å². The number of aryl methyl sites for hydroxylation is 2. The van der Waals surface area contributed by atoms with E-state index in [1.54, 1.807) is 23.5 Å². The van der Waals surface area contributed by atoms with Gasteiger partial charge in [-0.05, 0) is 44.0 Å². The van der Waals surface area contributed by atoms with Crippen LogP contribution in [0.2, 0.25) is 0 Å². The lowest BCUT2D eigenvalue weighted by molar-refractivity contribution is -0.130. The minimum atomic E-state index is -0.219. The molecular weight excluding hydrogens is 325 g/mol. The second kappa shape index (κ2) is 7.75. The maximum absolute atomic E-state index is 13.1. The minimum Gasteiger partial charge on any atom is -0.370 e. The highest BCUT2D eigenvalue weighted by Crippen LogP contribution is 2.18. The molecule has 1 fully saturated rings. The number of nitrogens with zero attached hydrogens (tertiary/aromatic N) is 3. The Labute approximate surface area is 145 Å². The van der Waals surface area contributed by atoms with Crippen LogP contribution in [0.5, 0.6) is 0 Å². The molecule has 0 radical (unpaired) electrons. The van der Waals surface area contributed by atoms with E-state index in [0.29, 0.717) is 6.42 Å². The van der Waals surface area contributed by atoms with Crippen molar-refractivity contribution in [2.45, 2.75) is 26.2 Å². The van der Waals surface area contributed by atoms with Crippen LogP contribution in [0, 0.1) is 12.7 Å². The molecule has 128 valence electrons. The number of hydrogen-bond acceptors (Lipinski definition) is 4. The Bertz CT molecular complexity index is 686. The number of halogens is 1. The molecule has 6 heteroatoms. The molecule has 4 nitrogen and oxygen atoms in total. The van der Waals surface area contributed by atoms with E-state index in [-0.39, 0.29) is 11.7 Å². The second-order valence-electron chi connectivity index (χ2n) is 6.06. The fourth-order valence-corrected chi connectivity index (χ4v) is 3.80. The van der Waals surface area contributed by atoms with Crippen LogP contribution in [0.15, 0.2) is 29.8 Å². The summed E-state index contributed by atoms with van der Waals surface area (Å²) < 4.78 is 13.1. The van der Waals surface area contributed by atoms with Crippen molar-refractivity contribution < 1.29 is 9.18 Å². The number of hydrogen-bond donors (Lipinski definition) is 0. The first-order valence-corrected chi connectivity index (χ1v) is 9.18. The van der Waals surface area contributed by atoms with E-state index in [1.807, 2.05) is 17.3 Å². The Morgan fingerprint density at radius 3 is 2.71 bits per heavy atom. The number of rotatable bonds is 4. The highest BCUT2D eigenvalue weighted by Gasteiger charge is 2.19. The summed E-state index contributed by atoms with van der Waals surface area (Å²) in [6.45, 7) is 5.18. The highest BCUT2D eigenvalue weighted by atomic mass is 32.1. The Kier molecular flexibility index (Phi) is 5.45. The summed E-state index contributed by atoms with van der Waals surface area (Å²) in [6, 6.07) is 6.58. The van der Waals surface area contributed by atoms with Crippen LogP contribution in [0.4, 0.5) is 10.1 Å². The van der Waals surface area contributed by atoms with E-state index >= 15 is 0 Å². The van der Waals surface area contributed by atoms with Crippen molar-refractivity contribution in [2.75, 3.05) is 31.1 Å². The van der Waals surface area contributed by atoms with Crippen LogP contribution < -0.4 is 4.90 Å². The molecule has 0 atom stereocenters. The van der Waals surface area contributed by atoms with Crippen molar-refractivity contribution in [3.63, 3.8) is 0 Å². The zero-order chi connectivity index (χ0) is 16.9. The Morgan fingerprint density at radius 2 is 2.00 bits per heavy atom. The molecule has 1 amide bonds. The largest absolute Gasteiger partial charge is 0.370 e. The number of amides is 1. The van der Waals surface area contributed by atoms with E-state index in [9.17, 15) is 9.18 Å². The molecule has 1 aromatic carbocycles. The van der Waals surface area contributed by atoms with Gasteiger partial charge in [0.05, 0.1) is 11.2 Å². The molecule has 1 aromatic heterocycles. The molecule has 0 spiro atoms. The van der Waals surface area contributed by atoms with Gasteiger partial charge < -0.3 is 9.80 Å². The van der Waals surface area contributed by atoms with E-state index in [4.69, 9.17) is 0 Å². The Balaban J connectivity index is 1.54. The number of benzene rings is 1. The van der Waals surface area contributed by atoms with Crippen LogP contribution in [-0.2, 0) is 11.2 Å². The van der Waals surface area contributed by atoms with Gasteiger partial charge in [-0.15, -0.1) is 11.3 Å². The van der Waals surface area contributed by atoms with Gasteiger partial charge in [-0.3, -0.25) is 4.79 Å². The number of anilines is 1. The van der Waals surface area contributed by atoms with Crippen molar-refractivity contribution in [3.8, 4) is 0 Å². The van der Waals surface area contributed by atoms with Gasteiger partial charge in [0, 0.05) is 43.2 Å². The van der Waals surface area contributed by atoms with Crippen molar-refractivity contribution in [3.05, 3.63) is 46.2 Å². The molecule has 1 saturated heterocycles. The van der Waals surface area contributed by atoms with Gasteiger partial charge in [0.25, 0.3) is 0 Å². The normalized spacial score (nSPS) is 15.4. The summed E-state index contributed by atoms with van der Waals surface area (Å²) >= 11 is 1.62. The fraction of sp³-hybridized carbons (Fsp3) is 0.444. The average molecular weight is 347 g/mol. The minimum absolute atomic E-state index is 0.212. The topological polar surface area (TPSA) is 36.4 Å². The Morgan fingerprint density at radius 1 is 1.21 bits per heavy atom. The predicted molar refractivity (Wildman–Crippen MR) is 95.0 cm³/mol. The number of thiazole rings is 1. The van der Waals surface area contributed by atoms with E-state index in [0.717, 1.165) is 50.4 Å². The summed E-state index contributed by atoms with van der Waals surface area (Å²) in [5, 5.41) is 0. The highest BCUT2D eigenvalue weighted by molar-refractivity contribution is 7.09. The molecule has 2 heterocycles. The third-order valence-corrected chi connectivity index (χ3v) is 5.45. The van der Waals surface area contributed by atoms with Gasteiger partial charge in [-0.1, -0.05) is 0 Å². The van der Waals surface area contributed by atoms with Crippen LogP contribution in [0.25, 0.3) is 0 Å². The lowest BCUT2D eigenvalue weighted by Crippen LogP contribution is -2.35. The van der Waals surface area contributed by atoms with Gasteiger partial charge in [-0.2, -0.15) is 0 Å². The van der Waals surface area contributed by atoms with Crippen LogP contribution >= 0.6 is 11.3 Å². The van der Waals surface area contributed by atoms with Gasteiger partial charge in [0.1, 0.15) is 5.82 Å². The third kappa shape index (κ3) is 4.12. The summed E-state index contributed by atoms with van der Waals surface area (Å²) in [6.07, 6.45) is 2.25. The summed E-state index contributed by atoms with van der Waals surface area (Å²) in [5.74, 6) is -0.00695. The molecule has 24 heavy (non-hydrogen) atoms. The molecule has 2 aromatic rings. The fourth-order valence-electron chi connectivity index (χ4n) is 3.02. The predicted octanol–water partition coefficient (Wildman–Crippen LogP) is 3.26. The first kappa shape index (κ1) is 16.9. The van der Waals surface area contributed by atoms with Crippen molar-refractivity contribution in [1.82, 2.24) is 9.88 Å². The standard InChI is InChI=1S/C18H22FN3OS/c1-14-17(24-13-20-14)7-8-18(23)22-10-2-9-21(11-12-22)16-5-3-15(19)4-6-16/h3-6,13H,2,7-12H2,1H3. The average Bonchev–Trinajstić information content (AvgIpc) is 2.84. The zero-order valence-corrected chi connectivity index (χ0v) is 14.7. The maximum Gasteiger partial charge on any atom is 0.222 e. The van der Waals surface area contributed by atoms with Crippen molar-refractivity contribution in [2.24, 2.45) is 0 Å². The van der Waals surface area contributed by atoms with E-state index in [2.05, 4.69) is 9.88 Å². The summed E-state index contributed by atoms with van der Waals surface area (Å²) in [7, 11) is 0. The molecule has 0 unspecified atom stereocenters. The summed E-state index contributed by atoms with van der Waals surface area (Å²) in [4.78, 5) is 22.1. The molecule has 3 rings (SSSR count). The van der Waals surface area contributed by atoms with Crippen LogP contribution in [0.3, 0.4) is 0 Å². The lowest BCUT2D eigenvalue weighted by atomic mass is 10.2. The second-order valence-corrected chi connectivity index (χ2v) is 7.00. The van der Waals surface area contributed by atoms with Crippen molar-refractivity contribution in [1.29, 1.82) is 0 Å². The number of carbonyl (C=O) groups is 1. The van der Waals surface area contributed by atoms with Gasteiger partial charge in [0.15, 0.2) is 0 Å². The molecular formula is C18H22FN3OS. The van der Waals surface area contributed by atoms with Gasteiger partial charge in [-0.25, -0.2) is 9.37 Å². The molecule has 1 aliphatic heterocycles. The third-order valence-electron chi connectivity index (χ3n) is 4.45. The van der Waals surface area contributed by atoms with Crippen LogP contribution in [-0.4, -0.2) is 42.0 Å². The molecule has 0 bridgehead atoms. The van der Waals surface area contributed by atoms with E-state index < -0.39 is 0 Å². The van der Waals surface area contributed by atoms with Gasteiger partial charge >= 0.3 is 0 Å². The number of carbonyl (C=O) groups excluding carboxylic acids is 1. The van der Waals surface area contributed by atoms with E-state index in [1.165, 1.54) is 17.0 Å². The quantitative estimate of drug-likeness (QED) is 0.852. The molecule has 0 N–H and O–H groups in total. The molecule has 1 aliphatic rings. The first-order chi connectivity index (χ1) is 11.6. The Hall–Kier alpha value is -1.95. The van der Waals surface area contributed by atoms with Crippen LogP contribution in [0.1, 0.15) is 23.4 Å². The zero-order valence-electron chi connectivity index (χ0n) is 13.9. The summed E-state index contributed by atoms with van der Waals surface area (Å²) in [5.41, 5.74) is 3.89. The maximum atomic E-state index is 13.1. The molecule has 0 aliphatic carbocycles. The lowest BCUT2D eigenvalue weighted by Gasteiger charge is -2.23.